The van der Waals surface area contributed by atoms with Crippen molar-refractivity contribution in [1.82, 2.24) is 15.2 Å². The Morgan fingerprint density at radius 1 is 1.56 bits per heavy atom. The van der Waals surface area contributed by atoms with Crippen molar-refractivity contribution in [3.63, 3.8) is 0 Å². The highest BCUT2D eigenvalue weighted by Gasteiger charge is 2.16. The number of hydrazine groups is 1. The molecular formula is C11H16ClN5O. The fourth-order valence-corrected chi connectivity index (χ4v) is 2.06. The molecule has 1 aliphatic rings. The van der Waals surface area contributed by atoms with Gasteiger partial charge in [-0.2, -0.15) is 0 Å². The van der Waals surface area contributed by atoms with Gasteiger partial charge in [0.15, 0.2) is 0 Å². The molecule has 1 aromatic heterocycles. The van der Waals surface area contributed by atoms with Crippen molar-refractivity contribution in [2.45, 2.75) is 13.0 Å². The van der Waals surface area contributed by atoms with Crippen LogP contribution in [0.2, 0.25) is 5.02 Å². The lowest BCUT2D eigenvalue weighted by Gasteiger charge is -2.18. The van der Waals surface area contributed by atoms with Crippen LogP contribution in [0.4, 0.5) is 5.82 Å². The van der Waals surface area contributed by atoms with Crippen molar-refractivity contribution in [2.75, 3.05) is 25.1 Å². The number of amides is 1. The molecule has 0 spiro atoms. The Morgan fingerprint density at radius 2 is 2.39 bits per heavy atom. The maximum absolute atomic E-state index is 11.5. The van der Waals surface area contributed by atoms with Gasteiger partial charge in [0.05, 0.1) is 17.3 Å². The van der Waals surface area contributed by atoms with Gasteiger partial charge >= 0.3 is 0 Å². The predicted molar refractivity (Wildman–Crippen MR) is 70.0 cm³/mol. The molecule has 18 heavy (non-hydrogen) atoms. The third kappa shape index (κ3) is 3.32. The maximum atomic E-state index is 11.5. The minimum atomic E-state index is 0.0386. The summed E-state index contributed by atoms with van der Waals surface area (Å²) in [5, 5.41) is 3.41. The first-order valence-electron chi connectivity index (χ1n) is 5.80. The number of hydrogen-bond acceptors (Lipinski definition) is 5. The first-order valence-corrected chi connectivity index (χ1v) is 6.18. The third-order valence-corrected chi connectivity index (χ3v) is 3.12. The summed E-state index contributed by atoms with van der Waals surface area (Å²) in [7, 11) is 0. The maximum Gasteiger partial charge on any atom is 0.234 e. The number of nitrogens with two attached hydrogens (primary N) is 1. The van der Waals surface area contributed by atoms with E-state index in [1.165, 1.54) is 0 Å². The van der Waals surface area contributed by atoms with Gasteiger partial charge in [-0.3, -0.25) is 9.69 Å². The Hall–Kier alpha value is -1.37. The first-order chi connectivity index (χ1) is 8.69. The van der Waals surface area contributed by atoms with Crippen LogP contribution in [0.25, 0.3) is 0 Å². The summed E-state index contributed by atoms with van der Waals surface area (Å²) in [6.45, 7) is 2.48. The lowest BCUT2D eigenvalue weighted by molar-refractivity contribution is -0.121. The number of carbonyl (C=O) groups is 1. The first kappa shape index (κ1) is 13.1. The van der Waals surface area contributed by atoms with Gasteiger partial charge in [-0.1, -0.05) is 11.6 Å². The molecule has 6 nitrogen and oxygen atoms in total. The minimum absolute atomic E-state index is 0.0386. The van der Waals surface area contributed by atoms with Crippen molar-refractivity contribution in [1.29, 1.82) is 0 Å². The molecule has 1 fully saturated rings. The van der Waals surface area contributed by atoms with Gasteiger partial charge in [0.25, 0.3) is 0 Å². The molecule has 4 N–H and O–H groups in total. The van der Waals surface area contributed by atoms with Crippen LogP contribution in [0.1, 0.15) is 12.1 Å². The van der Waals surface area contributed by atoms with E-state index in [1.54, 1.807) is 12.1 Å². The smallest absolute Gasteiger partial charge is 0.234 e. The second-order valence-corrected chi connectivity index (χ2v) is 4.59. The molecular weight excluding hydrogens is 254 g/mol. The van der Waals surface area contributed by atoms with Crippen LogP contribution in [0.15, 0.2) is 12.1 Å². The molecule has 1 aromatic rings. The van der Waals surface area contributed by atoms with E-state index in [0.717, 1.165) is 25.2 Å². The van der Waals surface area contributed by atoms with E-state index in [-0.39, 0.29) is 5.91 Å². The Labute approximate surface area is 110 Å². The number of anilines is 1. The number of aromatic nitrogens is 1. The molecule has 0 aliphatic carbocycles. The fraction of sp³-hybridized carbons (Fsp3) is 0.455. The van der Waals surface area contributed by atoms with Crippen LogP contribution in [-0.2, 0) is 11.3 Å². The van der Waals surface area contributed by atoms with E-state index in [0.29, 0.717) is 23.9 Å². The zero-order chi connectivity index (χ0) is 13.0. The van der Waals surface area contributed by atoms with E-state index in [2.05, 4.69) is 15.7 Å². The van der Waals surface area contributed by atoms with Crippen LogP contribution < -0.4 is 16.6 Å². The number of pyridine rings is 1. The third-order valence-electron chi connectivity index (χ3n) is 2.78. The van der Waals surface area contributed by atoms with E-state index < -0.39 is 0 Å². The van der Waals surface area contributed by atoms with E-state index >= 15 is 0 Å². The minimum Gasteiger partial charge on any atom is -0.355 e. The molecule has 0 saturated carbocycles. The topological polar surface area (TPSA) is 83.3 Å². The number of nitrogens with one attached hydrogen (secondary N) is 2. The summed E-state index contributed by atoms with van der Waals surface area (Å²) in [6.07, 6.45) is 0.929. The molecule has 0 unspecified atom stereocenters. The van der Waals surface area contributed by atoms with Crippen molar-refractivity contribution < 1.29 is 4.79 Å². The molecule has 0 aromatic carbocycles. The van der Waals surface area contributed by atoms with Crippen molar-refractivity contribution in [3.05, 3.63) is 22.8 Å². The van der Waals surface area contributed by atoms with Crippen molar-refractivity contribution in [3.8, 4) is 0 Å². The second-order valence-electron chi connectivity index (χ2n) is 4.18. The quantitative estimate of drug-likeness (QED) is 0.545. The summed E-state index contributed by atoms with van der Waals surface area (Å²) in [4.78, 5) is 17.8. The molecule has 0 bridgehead atoms. The number of nitrogen functional groups attached to an aromatic ring is 1. The van der Waals surface area contributed by atoms with Crippen LogP contribution in [-0.4, -0.2) is 35.4 Å². The number of hydrogen-bond donors (Lipinski definition) is 3. The Balaban J connectivity index is 2.09. The zero-order valence-corrected chi connectivity index (χ0v) is 10.7. The fourth-order valence-electron chi connectivity index (χ4n) is 1.89. The summed E-state index contributed by atoms with van der Waals surface area (Å²) in [6, 6.07) is 3.46. The Bertz CT molecular complexity index is 439. The van der Waals surface area contributed by atoms with Gasteiger partial charge in [0.2, 0.25) is 5.91 Å². The normalized spacial score (nSPS) is 17.1. The van der Waals surface area contributed by atoms with Gasteiger partial charge in [-0.25, -0.2) is 10.8 Å². The summed E-state index contributed by atoms with van der Waals surface area (Å²) >= 11 is 6.09. The molecule has 1 aliphatic heterocycles. The Morgan fingerprint density at radius 3 is 3.17 bits per heavy atom. The van der Waals surface area contributed by atoms with E-state index in [9.17, 15) is 4.79 Å². The van der Waals surface area contributed by atoms with Crippen LogP contribution in [0.3, 0.4) is 0 Å². The lowest BCUT2D eigenvalue weighted by Crippen LogP contribution is -2.33. The highest BCUT2D eigenvalue weighted by atomic mass is 35.5. The average Bonchev–Trinajstić information content (AvgIpc) is 2.56. The monoisotopic (exact) mass is 269 g/mol. The molecule has 7 heteroatoms. The number of halogens is 1. The van der Waals surface area contributed by atoms with Gasteiger partial charge in [-0.15, -0.1) is 0 Å². The van der Waals surface area contributed by atoms with Crippen LogP contribution >= 0.6 is 11.6 Å². The molecule has 2 rings (SSSR count). The average molecular weight is 270 g/mol. The molecule has 2 heterocycles. The van der Waals surface area contributed by atoms with Crippen LogP contribution in [0, 0.1) is 0 Å². The van der Waals surface area contributed by atoms with Gasteiger partial charge < -0.3 is 10.7 Å². The number of carbonyl (C=O) groups excluding carboxylic acids is 1. The lowest BCUT2D eigenvalue weighted by atomic mass is 10.3. The van der Waals surface area contributed by atoms with Gasteiger partial charge in [0.1, 0.15) is 5.82 Å². The summed E-state index contributed by atoms with van der Waals surface area (Å²) < 4.78 is 0. The second kappa shape index (κ2) is 5.99. The molecule has 0 radical (unpaired) electrons. The highest BCUT2D eigenvalue weighted by molar-refractivity contribution is 6.31. The van der Waals surface area contributed by atoms with Crippen LogP contribution in [0.5, 0.6) is 0 Å². The van der Waals surface area contributed by atoms with E-state index in [1.807, 2.05) is 4.90 Å². The standard InChI is InChI=1S/C11H16ClN5O/c12-8-2-3-10(16-13)15-9(8)6-17-5-1-4-14-11(18)7-17/h2-3H,1,4-7,13H2,(H,14,18)(H,15,16). The zero-order valence-electron chi connectivity index (χ0n) is 9.95. The largest absolute Gasteiger partial charge is 0.355 e. The van der Waals surface area contributed by atoms with E-state index in [4.69, 9.17) is 17.4 Å². The van der Waals surface area contributed by atoms with Crippen molar-refractivity contribution >= 4 is 23.3 Å². The summed E-state index contributed by atoms with van der Waals surface area (Å²) in [5.74, 6) is 5.92. The summed E-state index contributed by atoms with van der Waals surface area (Å²) in [5.41, 5.74) is 3.21. The van der Waals surface area contributed by atoms with Crippen molar-refractivity contribution in [2.24, 2.45) is 5.84 Å². The predicted octanol–water partition coefficient (Wildman–Crippen LogP) is 0.342. The molecule has 0 atom stereocenters. The number of nitrogens with zero attached hydrogens (tertiary/aromatic N) is 2. The molecule has 1 amide bonds. The Kier molecular flexibility index (Phi) is 4.35. The molecule has 1 saturated heterocycles. The van der Waals surface area contributed by atoms with Gasteiger partial charge in [-0.05, 0) is 18.6 Å². The highest BCUT2D eigenvalue weighted by Crippen LogP contribution is 2.18. The van der Waals surface area contributed by atoms with Gasteiger partial charge in [0, 0.05) is 19.6 Å². The molecule has 98 valence electrons. The SMILES string of the molecule is NNc1ccc(Cl)c(CN2CCCNC(=O)C2)n1. The number of rotatable bonds is 3.